The highest BCUT2D eigenvalue weighted by Crippen LogP contribution is 2.39. The highest BCUT2D eigenvalue weighted by atomic mass is 35.5. The Labute approximate surface area is 130 Å². The Balaban J connectivity index is 1.71. The minimum atomic E-state index is 0.317. The van der Waals surface area contributed by atoms with Gasteiger partial charge in [0.25, 0.3) is 0 Å². The molecule has 1 aromatic rings. The summed E-state index contributed by atoms with van der Waals surface area (Å²) in [5.41, 5.74) is 1.21. The smallest absolute Gasteiger partial charge is 0.0757 e. The van der Waals surface area contributed by atoms with Gasteiger partial charge in [0.05, 0.1) is 16.1 Å². The molecule has 0 amide bonds. The van der Waals surface area contributed by atoms with E-state index in [1.54, 1.807) is 0 Å². The van der Waals surface area contributed by atoms with Crippen molar-refractivity contribution in [3.63, 3.8) is 0 Å². The molecular weight excluding hydrogens is 293 g/mol. The van der Waals surface area contributed by atoms with Gasteiger partial charge in [-0.3, -0.25) is 0 Å². The Hall–Kier alpha value is -0.280. The lowest BCUT2D eigenvalue weighted by Gasteiger charge is -2.26. The molecule has 2 nitrogen and oxygen atoms in total. The van der Waals surface area contributed by atoms with Gasteiger partial charge < -0.3 is 10.1 Å². The van der Waals surface area contributed by atoms with Crippen molar-refractivity contribution in [2.24, 2.45) is 5.92 Å². The number of nitrogens with one attached hydrogen (secondary N) is 1. The zero-order valence-electron chi connectivity index (χ0n) is 11.7. The Morgan fingerprint density at radius 2 is 2.05 bits per heavy atom. The zero-order chi connectivity index (χ0) is 14.1. The van der Waals surface area contributed by atoms with Crippen LogP contribution in [0.2, 0.25) is 10.0 Å². The Kier molecular flexibility index (Phi) is 4.56. The monoisotopic (exact) mass is 313 g/mol. The number of hydrogen-bond acceptors (Lipinski definition) is 2. The highest BCUT2D eigenvalue weighted by molar-refractivity contribution is 6.42. The molecule has 2 aliphatic rings. The van der Waals surface area contributed by atoms with Crippen LogP contribution in [-0.4, -0.2) is 18.8 Å². The highest BCUT2D eigenvalue weighted by Gasteiger charge is 2.41. The summed E-state index contributed by atoms with van der Waals surface area (Å²) >= 11 is 12.1. The lowest BCUT2D eigenvalue weighted by Crippen LogP contribution is -2.39. The number of benzene rings is 1. The van der Waals surface area contributed by atoms with Crippen LogP contribution in [0, 0.1) is 5.92 Å². The SMILES string of the molecule is CCC(NC1CCOC1C1CC1)c1ccc(Cl)c(Cl)c1. The average molecular weight is 314 g/mol. The predicted octanol–water partition coefficient (Wildman–Crippen LogP) is 4.60. The Morgan fingerprint density at radius 3 is 2.70 bits per heavy atom. The molecule has 1 heterocycles. The van der Waals surface area contributed by atoms with E-state index in [2.05, 4.69) is 18.3 Å². The first-order valence-electron chi connectivity index (χ1n) is 7.51. The second-order valence-electron chi connectivity index (χ2n) is 5.87. The molecule has 4 heteroatoms. The van der Waals surface area contributed by atoms with Crippen LogP contribution in [-0.2, 0) is 4.74 Å². The maximum absolute atomic E-state index is 6.14. The van der Waals surface area contributed by atoms with Crippen LogP contribution >= 0.6 is 23.2 Å². The van der Waals surface area contributed by atoms with Gasteiger partial charge in [0.1, 0.15) is 0 Å². The summed E-state index contributed by atoms with van der Waals surface area (Å²) < 4.78 is 5.90. The van der Waals surface area contributed by atoms with E-state index in [9.17, 15) is 0 Å². The molecule has 1 aromatic carbocycles. The fourth-order valence-corrected chi connectivity index (χ4v) is 3.42. The van der Waals surface area contributed by atoms with Gasteiger partial charge in [0.2, 0.25) is 0 Å². The van der Waals surface area contributed by atoms with Gasteiger partial charge in [-0.25, -0.2) is 0 Å². The summed E-state index contributed by atoms with van der Waals surface area (Å²) in [6.45, 7) is 3.08. The van der Waals surface area contributed by atoms with Gasteiger partial charge in [0, 0.05) is 18.7 Å². The molecule has 0 aromatic heterocycles. The molecule has 0 radical (unpaired) electrons. The number of halogens is 2. The predicted molar refractivity (Wildman–Crippen MR) is 83.5 cm³/mol. The topological polar surface area (TPSA) is 21.3 Å². The molecule has 0 spiro atoms. The standard InChI is InChI=1S/C16H21Cl2NO/c1-2-14(11-5-6-12(17)13(18)9-11)19-15-7-8-20-16(15)10-3-4-10/h5-6,9-10,14-16,19H,2-4,7-8H2,1H3. The lowest BCUT2D eigenvalue weighted by molar-refractivity contribution is 0.0787. The van der Waals surface area contributed by atoms with Crippen LogP contribution in [0.5, 0.6) is 0 Å². The molecule has 3 atom stereocenters. The molecular formula is C16H21Cl2NO. The van der Waals surface area contributed by atoms with E-state index in [4.69, 9.17) is 27.9 Å². The van der Waals surface area contributed by atoms with Crippen LogP contribution < -0.4 is 5.32 Å². The molecule has 3 rings (SSSR count). The van der Waals surface area contributed by atoms with E-state index in [0.717, 1.165) is 25.4 Å². The summed E-state index contributed by atoms with van der Waals surface area (Å²) in [6.07, 6.45) is 5.20. The fourth-order valence-electron chi connectivity index (χ4n) is 3.12. The number of rotatable bonds is 5. The third-order valence-corrected chi connectivity index (χ3v) is 5.13. The van der Waals surface area contributed by atoms with Crippen LogP contribution in [0.1, 0.15) is 44.2 Å². The largest absolute Gasteiger partial charge is 0.376 e. The van der Waals surface area contributed by atoms with Gasteiger partial charge >= 0.3 is 0 Å². The van der Waals surface area contributed by atoms with Gasteiger partial charge in [0.15, 0.2) is 0 Å². The Morgan fingerprint density at radius 1 is 1.25 bits per heavy atom. The molecule has 1 saturated carbocycles. The second-order valence-corrected chi connectivity index (χ2v) is 6.68. The summed E-state index contributed by atoms with van der Waals surface area (Å²) in [5, 5.41) is 5.02. The minimum absolute atomic E-state index is 0.317. The Bertz CT molecular complexity index is 476. The van der Waals surface area contributed by atoms with E-state index in [0.29, 0.717) is 28.2 Å². The molecule has 0 bridgehead atoms. The van der Waals surface area contributed by atoms with E-state index < -0.39 is 0 Å². The van der Waals surface area contributed by atoms with Crippen molar-refractivity contribution in [2.45, 2.75) is 50.8 Å². The van der Waals surface area contributed by atoms with Gasteiger partial charge in [-0.1, -0.05) is 36.2 Å². The first-order valence-corrected chi connectivity index (χ1v) is 8.27. The molecule has 3 unspecified atom stereocenters. The molecule has 20 heavy (non-hydrogen) atoms. The molecule has 1 aliphatic heterocycles. The molecule has 1 N–H and O–H groups in total. The van der Waals surface area contributed by atoms with Crippen LogP contribution in [0.3, 0.4) is 0 Å². The van der Waals surface area contributed by atoms with Gasteiger partial charge in [-0.15, -0.1) is 0 Å². The minimum Gasteiger partial charge on any atom is -0.376 e. The third kappa shape index (κ3) is 3.14. The fraction of sp³-hybridized carbons (Fsp3) is 0.625. The van der Waals surface area contributed by atoms with Crippen LogP contribution in [0.15, 0.2) is 18.2 Å². The van der Waals surface area contributed by atoms with E-state index in [1.165, 1.54) is 18.4 Å². The van der Waals surface area contributed by atoms with Crippen molar-refractivity contribution in [3.05, 3.63) is 33.8 Å². The van der Waals surface area contributed by atoms with Crippen LogP contribution in [0.4, 0.5) is 0 Å². The summed E-state index contributed by atoms with van der Waals surface area (Å²) in [5.74, 6) is 0.779. The summed E-state index contributed by atoms with van der Waals surface area (Å²) in [7, 11) is 0. The molecule has 110 valence electrons. The van der Waals surface area contributed by atoms with Crippen molar-refractivity contribution in [1.82, 2.24) is 5.32 Å². The molecule has 1 aliphatic carbocycles. The quantitative estimate of drug-likeness (QED) is 0.857. The van der Waals surface area contributed by atoms with Crippen molar-refractivity contribution in [2.75, 3.05) is 6.61 Å². The first kappa shape index (κ1) is 14.6. The van der Waals surface area contributed by atoms with Gasteiger partial charge in [-0.05, 0) is 49.3 Å². The lowest BCUT2D eigenvalue weighted by atomic mass is 10.00. The summed E-state index contributed by atoms with van der Waals surface area (Å²) in [4.78, 5) is 0. The molecule has 1 saturated heterocycles. The normalized spacial score (nSPS) is 27.8. The maximum atomic E-state index is 6.14. The van der Waals surface area contributed by atoms with E-state index in [-0.39, 0.29) is 0 Å². The number of hydrogen-bond donors (Lipinski definition) is 1. The zero-order valence-corrected chi connectivity index (χ0v) is 13.3. The third-order valence-electron chi connectivity index (χ3n) is 4.39. The van der Waals surface area contributed by atoms with Crippen molar-refractivity contribution in [1.29, 1.82) is 0 Å². The van der Waals surface area contributed by atoms with Crippen LogP contribution in [0.25, 0.3) is 0 Å². The van der Waals surface area contributed by atoms with Gasteiger partial charge in [-0.2, -0.15) is 0 Å². The second kappa shape index (κ2) is 6.23. The van der Waals surface area contributed by atoms with E-state index >= 15 is 0 Å². The van der Waals surface area contributed by atoms with Crippen molar-refractivity contribution in [3.8, 4) is 0 Å². The first-order chi connectivity index (χ1) is 9.69. The van der Waals surface area contributed by atoms with E-state index in [1.807, 2.05) is 12.1 Å². The average Bonchev–Trinajstić information content (AvgIpc) is 3.19. The van der Waals surface area contributed by atoms with Crippen molar-refractivity contribution >= 4 is 23.2 Å². The number of ether oxygens (including phenoxy) is 1. The maximum Gasteiger partial charge on any atom is 0.0757 e. The summed E-state index contributed by atoms with van der Waals surface area (Å²) in [6, 6.07) is 6.72. The molecule has 2 fully saturated rings. The van der Waals surface area contributed by atoms with Crippen molar-refractivity contribution < 1.29 is 4.74 Å².